The van der Waals surface area contributed by atoms with Crippen LogP contribution in [0.15, 0.2) is 0 Å². The first-order chi connectivity index (χ1) is 1.73. The van der Waals surface area contributed by atoms with Gasteiger partial charge in [0.25, 0.3) is 0 Å². The van der Waals surface area contributed by atoms with Gasteiger partial charge in [0.1, 0.15) is 0 Å². The molecule has 0 saturated carbocycles. The van der Waals surface area contributed by atoms with E-state index in [1.54, 1.807) is 0 Å². The predicted octanol–water partition coefficient (Wildman–Crippen LogP) is 0.947. The molecule has 26 valence electrons. The molecule has 0 nitrogen and oxygen atoms in total. The lowest BCUT2D eigenvalue weighted by atomic mass is 11.9. The third-order valence-corrected chi connectivity index (χ3v) is 0. The molecule has 0 aliphatic carbocycles. The van der Waals surface area contributed by atoms with Gasteiger partial charge in [-0.3, -0.25) is 0 Å². The van der Waals surface area contributed by atoms with E-state index < -0.39 is 0 Å². The van der Waals surface area contributed by atoms with Crippen molar-refractivity contribution >= 4 is 16.4 Å². The van der Waals surface area contributed by atoms with Crippen molar-refractivity contribution in [3.8, 4) is 0 Å². The Kier molecular flexibility index (Phi) is 1.61. The average Bonchev–Trinajstić information content (AvgIpc) is 0.811. The Hall–Kier alpha value is 0.220. The zero-order valence-electron chi connectivity index (χ0n) is 3.12. The highest BCUT2D eigenvalue weighted by molar-refractivity contribution is 8.12. The van der Waals surface area contributed by atoms with E-state index in [2.05, 4.69) is 18.4 Å². The number of hydrogen-bond acceptors (Lipinski definition) is 0. The summed E-state index contributed by atoms with van der Waals surface area (Å²) in [5.41, 5.74) is 0. The summed E-state index contributed by atoms with van der Waals surface area (Å²) < 4.78 is 0. The van der Waals surface area contributed by atoms with E-state index in [1.807, 2.05) is 0 Å². The van der Waals surface area contributed by atoms with E-state index in [-0.39, 0.29) is 0 Å². The maximum absolute atomic E-state index is 3.67. The van der Waals surface area contributed by atoms with E-state index in [4.69, 9.17) is 0 Å². The SMILES string of the molecule is C=S(C)C. The Labute approximate surface area is 29.8 Å². The predicted molar refractivity (Wildman–Crippen MR) is 26.6 cm³/mol. The summed E-state index contributed by atoms with van der Waals surface area (Å²) in [4.78, 5) is 0. The monoisotopic (exact) mass is 76.0 g/mol. The molecule has 0 aromatic carbocycles. The molecule has 0 aliphatic heterocycles. The Morgan fingerprint density at radius 2 is 1.50 bits per heavy atom. The zero-order chi connectivity index (χ0) is 3.58. The molecule has 0 radical (unpaired) electrons. The van der Waals surface area contributed by atoms with Crippen molar-refractivity contribution in [3.63, 3.8) is 0 Å². The fourth-order valence-electron chi connectivity index (χ4n) is 0. The maximum Gasteiger partial charge on any atom is -0.0242 e. The average molecular weight is 76.2 g/mol. The summed E-state index contributed by atoms with van der Waals surface area (Å²) in [5, 5.41) is 0. The molecule has 0 heterocycles. The molecule has 0 saturated heterocycles. The molecule has 0 amide bonds. The summed E-state index contributed by atoms with van der Waals surface area (Å²) in [6, 6.07) is 0. The van der Waals surface area contributed by atoms with Crippen LogP contribution < -0.4 is 0 Å². The van der Waals surface area contributed by atoms with E-state index in [1.165, 1.54) is 0 Å². The number of rotatable bonds is 0. The molecule has 0 spiro atoms. The standard InChI is InChI=1S/C3H8S/c1-4(2)3/h1H2,2-3H3. The van der Waals surface area contributed by atoms with Crippen LogP contribution in [0.1, 0.15) is 0 Å². The summed E-state index contributed by atoms with van der Waals surface area (Å²) in [7, 11) is 0.389. The lowest BCUT2D eigenvalue weighted by molar-refractivity contribution is 2.36. The number of hydrogen-bond donors (Lipinski definition) is 0. The highest BCUT2D eigenvalue weighted by Crippen LogP contribution is 1.86. The van der Waals surface area contributed by atoms with Crippen LogP contribution in [-0.2, 0) is 0 Å². The van der Waals surface area contributed by atoms with Crippen LogP contribution in [0.5, 0.6) is 0 Å². The van der Waals surface area contributed by atoms with Gasteiger partial charge in [0.15, 0.2) is 0 Å². The quantitative estimate of drug-likeness (QED) is 0.377. The third-order valence-electron chi connectivity index (χ3n) is 0. The molecule has 0 fully saturated rings. The molecule has 1 heteroatoms. The fourth-order valence-corrected chi connectivity index (χ4v) is 0. The summed E-state index contributed by atoms with van der Waals surface area (Å²) in [6.07, 6.45) is 4.17. The van der Waals surface area contributed by atoms with E-state index in [9.17, 15) is 0 Å². The molecular weight excluding hydrogens is 68.1 g/mol. The van der Waals surface area contributed by atoms with Crippen molar-refractivity contribution in [1.29, 1.82) is 0 Å². The minimum Gasteiger partial charge on any atom is -0.199 e. The second-order valence-corrected chi connectivity index (χ2v) is 2.96. The van der Waals surface area contributed by atoms with Crippen molar-refractivity contribution in [1.82, 2.24) is 0 Å². The van der Waals surface area contributed by atoms with Gasteiger partial charge in [-0.15, -0.1) is 0 Å². The first kappa shape index (κ1) is 4.22. The Bertz CT molecular complexity index is 26.3. The van der Waals surface area contributed by atoms with E-state index in [0.717, 1.165) is 0 Å². The lowest BCUT2D eigenvalue weighted by Gasteiger charge is -1.70. The largest absolute Gasteiger partial charge is 0.199 e. The summed E-state index contributed by atoms with van der Waals surface area (Å²) in [6.45, 7) is 0. The van der Waals surface area contributed by atoms with Gasteiger partial charge in [-0.05, 0) is 12.5 Å². The van der Waals surface area contributed by atoms with Crippen LogP contribution in [0.25, 0.3) is 0 Å². The highest BCUT2D eigenvalue weighted by Gasteiger charge is 1.47. The van der Waals surface area contributed by atoms with Gasteiger partial charge < -0.3 is 0 Å². The Morgan fingerprint density at radius 1 is 1.50 bits per heavy atom. The van der Waals surface area contributed by atoms with E-state index >= 15 is 0 Å². The van der Waals surface area contributed by atoms with Gasteiger partial charge in [0.2, 0.25) is 0 Å². The molecule has 0 bridgehead atoms. The van der Waals surface area contributed by atoms with Crippen molar-refractivity contribution in [2.24, 2.45) is 0 Å². The van der Waals surface area contributed by atoms with Crippen LogP contribution in [0.2, 0.25) is 0 Å². The molecule has 0 aliphatic rings. The second kappa shape index (κ2) is 1.53. The van der Waals surface area contributed by atoms with Crippen LogP contribution in [-0.4, -0.2) is 18.4 Å². The van der Waals surface area contributed by atoms with Crippen LogP contribution in [0.4, 0.5) is 0 Å². The molecule has 4 heavy (non-hydrogen) atoms. The molecule has 0 aromatic rings. The van der Waals surface area contributed by atoms with Gasteiger partial charge in [-0.1, -0.05) is 5.87 Å². The maximum atomic E-state index is 3.67. The van der Waals surface area contributed by atoms with Gasteiger partial charge in [-0.2, -0.15) is 10.5 Å². The Morgan fingerprint density at radius 3 is 1.50 bits per heavy atom. The van der Waals surface area contributed by atoms with Gasteiger partial charge in [0, 0.05) is 0 Å². The first-order valence-electron chi connectivity index (χ1n) is 1.11. The van der Waals surface area contributed by atoms with Crippen molar-refractivity contribution in [3.05, 3.63) is 0 Å². The minimum atomic E-state index is 0.389. The summed E-state index contributed by atoms with van der Waals surface area (Å²) >= 11 is 0. The van der Waals surface area contributed by atoms with Gasteiger partial charge >= 0.3 is 0 Å². The highest BCUT2D eigenvalue weighted by atomic mass is 32.2. The molecular formula is C3H8S. The summed E-state index contributed by atoms with van der Waals surface area (Å²) in [5.74, 6) is 3.67. The molecule has 0 aromatic heterocycles. The molecule has 0 rings (SSSR count). The third kappa shape index (κ3) is 68.3. The normalized spacial score (nSPS) is 8.75. The lowest BCUT2D eigenvalue weighted by Crippen LogP contribution is -1.42. The molecule has 0 N–H and O–H groups in total. The molecule has 0 atom stereocenters. The van der Waals surface area contributed by atoms with Gasteiger partial charge in [-0.25, -0.2) is 0 Å². The molecule has 0 unspecified atom stereocenters. The van der Waals surface area contributed by atoms with Crippen molar-refractivity contribution in [2.45, 2.75) is 0 Å². The van der Waals surface area contributed by atoms with E-state index in [0.29, 0.717) is 10.5 Å². The second-order valence-electron chi connectivity index (χ2n) is 0.986. The Balaban J connectivity index is 2.80. The van der Waals surface area contributed by atoms with Gasteiger partial charge in [0.05, 0.1) is 0 Å². The van der Waals surface area contributed by atoms with Crippen LogP contribution in [0, 0.1) is 0 Å². The first-order valence-corrected chi connectivity index (χ1v) is 3.32. The topological polar surface area (TPSA) is 0 Å². The fraction of sp³-hybridized carbons (Fsp3) is 0.667. The zero-order valence-corrected chi connectivity index (χ0v) is 3.93. The minimum absolute atomic E-state index is 0.389. The van der Waals surface area contributed by atoms with Crippen molar-refractivity contribution < 1.29 is 0 Å². The van der Waals surface area contributed by atoms with Crippen LogP contribution in [0.3, 0.4) is 0 Å². The smallest absolute Gasteiger partial charge is 0.0242 e. The van der Waals surface area contributed by atoms with Crippen molar-refractivity contribution in [2.75, 3.05) is 12.5 Å². The van der Waals surface area contributed by atoms with Crippen LogP contribution >= 0.6 is 10.5 Å².